The highest BCUT2D eigenvalue weighted by molar-refractivity contribution is 9.10. The van der Waals surface area contributed by atoms with Gasteiger partial charge in [0.2, 0.25) is 0 Å². The van der Waals surface area contributed by atoms with Gasteiger partial charge in [0.1, 0.15) is 0 Å². The van der Waals surface area contributed by atoms with Crippen molar-refractivity contribution in [2.45, 2.75) is 24.9 Å². The maximum Gasteiger partial charge on any atom is 0.0542 e. The van der Waals surface area contributed by atoms with Gasteiger partial charge in [-0.25, -0.2) is 0 Å². The summed E-state index contributed by atoms with van der Waals surface area (Å²) in [5.41, 5.74) is 1.04. The highest BCUT2D eigenvalue weighted by atomic mass is 79.9. The van der Waals surface area contributed by atoms with Crippen LogP contribution in [0.1, 0.15) is 18.5 Å². The lowest BCUT2D eigenvalue weighted by Gasteiger charge is -2.36. The summed E-state index contributed by atoms with van der Waals surface area (Å²) < 4.78 is 6.37. The van der Waals surface area contributed by atoms with Crippen LogP contribution in [0, 0.1) is 0 Å². The Hall–Kier alpha value is -0.160. The molecule has 2 heterocycles. The SMILES string of the molecule is ClCC1(NCc2ccc(Br)cn2)CCOCC1. The molecule has 5 heteroatoms. The molecule has 0 saturated carbocycles. The van der Waals surface area contributed by atoms with E-state index in [0.29, 0.717) is 5.88 Å². The van der Waals surface area contributed by atoms with Gasteiger partial charge in [-0.1, -0.05) is 0 Å². The minimum atomic E-state index is 0.00849. The molecule has 1 aromatic rings. The monoisotopic (exact) mass is 318 g/mol. The highest BCUT2D eigenvalue weighted by Gasteiger charge is 2.31. The highest BCUT2D eigenvalue weighted by Crippen LogP contribution is 2.22. The Morgan fingerprint density at radius 3 is 2.76 bits per heavy atom. The number of rotatable bonds is 4. The number of aromatic nitrogens is 1. The fraction of sp³-hybridized carbons (Fsp3) is 0.583. The summed E-state index contributed by atoms with van der Waals surface area (Å²) in [7, 11) is 0. The Labute approximate surface area is 115 Å². The molecule has 0 amide bonds. The predicted octanol–water partition coefficient (Wildman–Crippen LogP) is 2.72. The molecule has 1 aliphatic heterocycles. The van der Waals surface area contributed by atoms with Crippen molar-refractivity contribution < 1.29 is 4.74 Å². The molecule has 0 atom stereocenters. The second-order valence-electron chi connectivity index (χ2n) is 4.35. The topological polar surface area (TPSA) is 34.2 Å². The first kappa shape index (κ1) is 13.3. The summed E-state index contributed by atoms with van der Waals surface area (Å²) in [4.78, 5) is 4.34. The average Bonchev–Trinajstić information content (AvgIpc) is 2.39. The second-order valence-corrected chi connectivity index (χ2v) is 5.53. The Morgan fingerprint density at radius 1 is 1.41 bits per heavy atom. The van der Waals surface area contributed by atoms with Gasteiger partial charge in [-0.05, 0) is 40.9 Å². The minimum Gasteiger partial charge on any atom is -0.381 e. The quantitative estimate of drug-likeness (QED) is 0.867. The molecule has 1 fully saturated rings. The summed E-state index contributed by atoms with van der Waals surface area (Å²) >= 11 is 9.46. The molecular formula is C12H16BrClN2O. The standard InChI is InChI=1S/C12H16BrClN2O/c13-10-1-2-11(15-7-10)8-16-12(9-14)3-5-17-6-4-12/h1-2,7,16H,3-6,8-9H2. The maximum atomic E-state index is 6.08. The molecule has 1 aromatic heterocycles. The third kappa shape index (κ3) is 3.65. The number of nitrogens with one attached hydrogen (secondary N) is 1. The first-order chi connectivity index (χ1) is 8.24. The molecule has 3 nitrogen and oxygen atoms in total. The van der Waals surface area contributed by atoms with E-state index < -0.39 is 0 Å². The van der Waals surface area contributed by atoms with Gasteiger partial charge in [-0.2, -0.15) is 0 Å². The van der Waals surface area contributed by atoms with Gasteiger partial charge in [-0.3, -0.25) is 4.98 Å². The predicted molar refractivity (Wildman–Crippen MR) is 72.3 cm³/mol. The van der Waals surface area contributed by atoms with E-state index >= 15 is 0 Å². The number of hydrogen-bond acceptors (Lipinski definition) is 3. The lowest BCUT2D eigenvalue weighted by atomic mass is 9.92. The fourth-order valence-corrected chi connectivity index (χ4v) is 2.51. The Morgan fingerprint density at radius 2 is 2.18 bits per heavy atom. The third-order valence-electron chi connectivity index (χ3n) is 3.14. The molecule has 0 radical (unpaired) electrons. The summed E-state index contributed by atoms with van der Waals surface area (Å²) in [6, 6.07) is 4.01. The van der Waals surface area contributed by atoms with Crippen molar-refractivity contribution in [2.24, 2.45) is 0 Å². The molecule has 2 rings (SSSR count). The van der Waals surface area contributed by atoms with Crippen LogP contribution >= 0.6 is 27.5 Å². The molecular weight excluding hydrogens is 304 g/mol. The van der Waals surface area contributed by atoms with Gasteiger partial charge < -0.3 is 10.1 Å². The van der Waals surface area contributed by atoms with Gasteiger partial charge in [0, 0.05) is 41.8 Å². The summed E-state index contributed by atoms with van der Waals surface area (Å²) in [5.74, 6) is 0.618. The zero-order chi connectivity index (χ0) is 12.1. The van der Waals surface area contributed by atoms with E-state index in [1.807, 2.05) is 18.3 Å². The van der Waals surface area contributed by atoms with Crippen molar-refractivity contribution in [3.05, 3.63) is 28.5 Å². The van der Waals surface area contributed by atoms with Crippen molar-refractivity contribution in [1.82, 2.24) is 10.3 Å². The molecule has 1 aliphatic rings. The van der Waals surface area contributed by atoms with E-state index in [2.05, 4.69) is 26.2 Å². The minimum absolute atomic E-state index is 0.00849. The summed E-state index contributed by atoms with van der Waals surface area (Å²) in [6.45, 7) is 2.32. The van der Waals surface area contributed by atoms with Gasteiger partial charge >= 0.3 is 0 Å². The summed E-state index contributed by atoms with van der Waals surface area (Å²) in [6.07, 6.45) is 3.74. The van der Waals surface area contributed by atoms with Crippen molar-refractivity contribution in [1.29, 1.82) is 0 Å². The molecule has 0 aliphatic carbocycles. The number of pyridine rings is 1. The van der Waals surface area contributed by atoms with Crippen LogP contribution in [0.4, 0.5) is 0 Å². The second kappa shape index (κ2) is 6.14. The number of alkyl halides is 1. The average molecular weight is 320 g/mol. The van der Waals surface area contributed by atoms with Crippen molar-refractivity contribution in [3.8, 4) is 0 Å². The number of halogens is 2. The lowest BCUT2D eigenvalue weighted by Crippen LogP contribution is -2.50. The van der Waals surface area contributed by atoms with E-state index in [1.54, 1.807) is 0 Å². The third-order valence-corrected chi connectivity index (χ3v) is 4.12. The lowest BCUT2D eigenvalue weighted by molar-refractivity contribution is 0.0458. The number of ether oxygens (including phenoxy) is 1. The van der Waals surface area contributed by atoms with Gasteiger partial charge in [0.15, 0.2) is 0 Å². The van der Waals surface area contributed by atoms with Gasteiger partial charge in [0.25, 0.3) is 0 Å². The smallest absolute Gasteiger partial charge is 0.0542 e. The van der Waals surface area contributed by atoms with E-state index in [4.69, 9.17) is 16.3 Å². The molecule has 0 unspecified atom stereocenters. The first-order valence-corrected chi connectivity index (χ1v) is 7.06. The van der Waals surface area contributed by atoms with Crippen molar-refractivity contribution in [3.63, 3.8) is 0 Å². The van der Waals surface area contributed by atoms with Gasteiger partial charge in [0.05, 0.1) is 5.69 Å². The van der Waals surface area contributed by atoms with Crippen LogP contribution in [-0.2, 0) is 11.3 Å². The molecule has 94 valence electrons. The molecule has 17 heavy (non-hydrogen) atoms. The van der Waals surface area contributed by atoms with E-state index in [9.17, 15) is 0 Å². The fourth-order valence-electron chi connectivity index (χ4n) is 1.91. The van der Waals surface area contributed by atoms with E-state index in [0.717, 1.165) is 42.8 Å². The van der Waals surface area contributed by atoms with Crippen LogP contribution in [-0.4, -0.2) is 29.6 Å². The Balaban J connectivity index is 1.93. The van der Waals surface area contributed by atoms with E-state index in [-0.39, 0.29) is 5.54 Å². The van der Waals surface area contributed by atoms with Crippen LogP contribution < -0.4 is 5.32 Å². The summed E-state index contributed by atoms with van der Waals surface area (Å²) in [5, 5.41) is 3.53. The van der Waals surface area contributed by atoms with Crippen LogP contribution in [0.2, 0.25) is 0 Å². The zero-order valence-corrected chi connectivity index (χ0v) is 11.9. The normalized spacial score (nSPS) is 19.2. The largest absolute Gasteiger partial charge is 0.381 e. The van der Waals surface area contributed by atoms with E-state index in [1.165, 1.54) is 0 Å². The Kier molecular flexibility index (Phi) is 4.79. The Bertz CT molecular complexity index is 352. The number of hydrogen-bond donors (Lipinski definition) is 1. The molecule has 0 spiro atoms. The maximum absolute atomic E-state index is 6.08. The first-order valence-electron chi connectivity index (χ1n) is 5.73. The zero-order valence-electron chi connectivity index (χ0n) is 9.59. The van der Waals surface area contributed by atoms with Crippen LogP contribution in [0.5, 0.6) is 0 Å². The number of nitrogens with zero attached hydrogens (tertiary/aromatic N) is 1. The van der Waals surface area contributed by atoms with Crippen LogP contribution in [0.3, 0.4) is 0 Å². The molecule has 1 N–H and O–H groups in total. The van der Waals surface area contributed by atoms with Crippen molar-refractivity contribution in [2.75, 3.05) is 19.1 Å². The van der Waals surface area contributed by atoms with Crippen LogP contribution in [0.25, 0.3) is 0 Å². The molecule has 1 saturated heterocycles. The molecule has 0 bridgehead atoms. The molecule has 0 aromatic carbocycles. The van der Waals surface area contributed by atoms with Crippen LogP contribution in [0.15, 0.2) is 22.8 Å². The van der Waals surface area contributed by atoms with Crippen molar-refractivity contribution >= 4 is 27.5 Å². The van der Waals surface area contributed by atoms with Gasteiger partial charge in [-0.15, -0.1) is 11.6 Å².